The summed E-state index contributed by atoms with van der Waals surface area (Å²) in [6.45, 7) is 18.7. The lowest BCUT2D eigenvalue weighted by Gasteiger charge is -2.47. The molecule has 0 aliphatic carbocycles. The zero-order valence-corrected chi connectivity index (χ0v) is 68.3. The van der Waals surface area contributed by atoms with Crippen LogP contribution in [-0.4, -0.2) is 20.4 Å². The van der Waals surface area contributed by atoms with Crippen LogP contribution in [-0.2, 0) is 16.2 Å². The number of nitrogens with zero attached hydrogens (tertiary/aromatic N) is 5. The van der Waals surface area contributed by atoms with E-state index in [1.54, 1.807) is 22.0 Å². The van der Waals surface area contributed by atoms with Gasteiger partial charge >= 0.3 is 0 Å². The van der Waals surface area contributed by atoms with Gasteiger partial charge in [0.2, 0.25) is 0 Å². The molecule has 0 atom stereocenters. The van der Waals surface area contributed by atoms with Crippen LogP contribution in [0.3, 0.4) is 0 Å². The maximum atomic E-state index is 10.9. The highest BCUT2D eigenvalue weighted by molar-refractivity contribution is 7.25. The minimum Gasteiger partial charge on any atom is -0.310 e. The van der Waals surface area contributed by atoms with Crippen LogP contribution in [0.4, 0.5) is 34.1 Å². The summed E-state index contributed by atoms with van der Waals surface area (Å²) in [5.74, 6) is 0. The molecule has 0 unspecified atom stereocenters. The summed E-state index contributed by atoms with van der Waals surface area (Å²) >= 11 is 1.72. The molecule has 0 fully saturated rings. The fourth-order valence-corrected chi connectivity index (χ4v) is 20.0. The quantitative estimate of drug-likeness (QED) is 0.160. The Kier molecular flexibility index (Phi) is 11.2. The molecule has 0 saturated carbocycles. The Balaban J connectivity index is 0.915. The van der Waals surface area contributed by atoms with Crippen LogP contribution in [0.2, 0.25) is 0 Å². The molecule has 0 saturated heterocycles. The molecule has 21 aromatic rings. The van der Waals surface area contributed by atoms with Gasteiger partial charge in [-0.05, 0) is 239 Å². The van der Waals surface area contributed by atoms with Gasteiger partial charge in [0.25, 0.3) is 6.71 Å². The second-order valence-electron chi connectivity index (χ2n) is 35.1. The van der Waals surface area contributed by atoms with Gasteiger partial charge in [-0.25, -0.2) is 0 Å². The number of para-hydroxylation sites is 5. The number of anilines is 6. The van der Waals surface area contributed by atoms with Gasteiger partial charge in [0.15, 0.2) is 0 Å². The molecule has 7 heteroatoms. The first-order valence-electron chi connectivity index (χ1n) is 52.3. The van der Waals surface area contributed by atoms with E-state index >= 15 is 0 Å². The molecular formula is C114H86BN5S. The minimum atomic E-state index is -0.912. The highest BCUT2D eigenvalue weighted by Gasteiger charge is 2.47. The molecule has 3 aliphatic rings. The summed E-state index contributed by atoms with van der Waals surface area (Å²) in [6, 6.07) is 61.0. The van der Waals surface area contributed by atoms with E-state index in [2.05, 4.69) is 218 Å². The molecule has 7 heterocycles. The summed E-state index contributed by atoms with van der Waals surface area (Å²) in [7, 11) is 0. The third-order valence-corrected chi connectivity index (χ3v) is 26.1. The molecule has 121 heavy (non-hydrogen) atoms. The van der Waals surface area contributed by atoms with Crippen molar-refractivity contribution in [3.05, 3.63) is 374 Å². The van der Waals surface area contributed by atoms with Crippen LogP contribution < -0.4 is 26.2 Å². The molecule has 0 spiro atoms. The minimum absolute atomic E-state index is 0.0982. The lowest BCUT2D eigenvalue weighted by Crippen LogP contribution is -2.61. The van der Waals surface area contributed by atoms with Crippen LogP contribution >= 0.6 is 11.3 Å². The average molecular weight is 1590 g/mol. The Labute approximate surface area is 741 Å². The maximum Gasteiger partial charge on any atom is 0.252 e. The molecule has 0 amide bonds. The summed E-state index contributed by atoms with van der Waals surface area (Å²) < 4.78 is 230. The monoisotopic (exact) mass is 1590 g/mol. The molecule has 24 rings (SSSR count). The molecule has 5 nitrogen and oxygen atoms in total. The van der Waals surface area contributed by atoms with Gasteiger partial charge in [0.05, 0.1) is 76.0 Å². The number of hydrogen-bond acceptors (Lipinski definition) is 3. The summed E-state index contributed by atoms with van der Waals surface area (Å²) in [6.07, 6.45) is 0. The van der Waals surface area contributed by atoms with Crippen molar-refractivity contribution in [1.29, 1.82) is 0 Å². The van der Waals surface area contributed by atoms with Crippen LogP contribution in [0.5, 0.6) is 0 Å². The predicted octanol–water partition coefficient (Wildman–Crippen LogP) is 29.6. The van der Waals surface area contributed by atoms with E-state index in [0.29, 0.717) is 45.0 Å². The fourth-order valence-electron chi connectivity index (χ4n) is 19.0. The molecule has 576 valence electrons. The Morgan fingerprint density at radius 2 is 0.603 bits per heavy atom. The molecule has 0 N–H and O–H groups in total. The standard InChI is InChI=1S/C114H86BN5S/c1-112(2,3)77-60-88(69-28-12-10-13-29-69)110-90(62-77)75-34-26-32-71(56-75)73-46-54-107-93(58-73)94-59-74(47-55-108(94)121-107)72-33-27-35-76(57-72)91-63-78(113(4,5)6)61-89(70-30-14-11-15-31-70)111(91)120-104-68-82(118-101-45-25-20-40-87(101)92-66-80(50-53-102(92)118)116-97-41-21-16-36-83(97)84-37-17-22-42-98(84)116)49-52-96(104)115-95-51-48-81(117-99-43-23-18-38-85(99)86-39-19-24-44-100(86)117)67-103(95)119(110)105-64-79(114(7,8)9)65-106(120)109(105)115/h10-68H,1-9H3/i16D,17D,18D,19D,20D,21D,22D,23D,24D,25D,36D,37D,38D,39D,40D,41D,42D,43D,44D,45D,50D,53D,66D. The van der Waals surface area contributed by atoms with E-state index in [9.17, 15) is 26.0 Å². The third kappa shape index (κ3) is 10.9. The van der Waals surface area contributed by atoms with Crippen molar-refractivity contribution in [3.63, 3.8) is 0 Å². The largest absolute Gasteiger partial charge is 0.310 e. The summed E-state index contributed by atoms with van der Waals surface area (Å²) in [4.78, 5) is 4.65. The van der Waals surface area contributed by atoms with Crippen LogP contribution in [0.1, 0.15) is 111 Å². The van der Waals surface area contributed by atoms with Crippen LogP contribution in [0.25, 0.3) is 169 Å². The van der Waals surface area contributed by atoms with Gasteiger partial charge in [-0.1, -0.05) is 274 Å². The van der Waals surface area contributed by atoms with Crippen molar-refractivity contribution < 1.29 is 31.5 Å². The number of rotatable bonds is 5. The Hall–Kier alpha value is -14.0. The van der Waals surface area contributed by atoms with E-state index in [4.69, 9.17) is 5.48 Å². The van der Waals surface area contributed by atoms with Crippen molar-refractivity contribution in [1.82, 2.24) is 13.7 Å². The zero-order chi connectivity index (χ0) is 101. The number of hydrogen-bond donors (Lipinski definition) is 0. The van der Waals surface area contributed by atoms with Crippen molar-refractivity contribution in [2.45, 2.75) is 78.6 Å². The molecular weight excluding hydrogens is 1480 g/mol. The molecule has 0 radical (unpaired) electrons. The maximum absolute atomic E-state index is 10.9. The van der Waals surface area contributed by atoms with Crippen molar-refractivity contribution >= 4 is 154 Å². The summed E-state index contributed by atoms with van der Waals surface area (Å²) in [5.41, 5.74) is 15.3. The van der Waals surface area contributed by atoms with Crippen LogP contribution in [0.15, 0.2) is 357 Å². The third-order valence-electron chi connectivity index (χ3n) is 24.9. The highest BCUT2D eigenvalue weighted by Crippen LogP contribution is 2.57. The first-order valence-corrected chi connectivity index (χ1v) is 41.6. The zero-order valence-electron chi connectivity index (χ0n) is 90.5. The molecule has 17 aromatic carbocycles. The average Bonchev–Trinajstić information content (AvgIpc) is 1.25. The lowest BCUT2D eigenvalue weighted by molar-refractivity contribution is 0.590. The summed E-state index contributed by atoms with van der Waals surface area (Å²) in [5, 5.41) is 0.591. The van der Waals surface area contributed by atoms with Gasteiger partial charge in [0.1, 0.15) is 0 Å². The van der Waals surface area contributed by atoms with Crippen molar-refractivity contribution in [2.24, 2.45) is 0 Å². The van der Waals surface area contributed by atoms with Crippen LogP contribution in [0, 0.1) is 0 Å². The van der Waals surface area contributed by atoms with E-state index in [-0.39, 0.29) is 65.8 Å². The van der Waals surface area contributed by atoms with Crippen molar-refractivity contribution in [3.8, 4) is 83.8 Å². The SMILES string of the molecule is [2H]c1c([2H])c([2H])c2c(c1[2H])c1c([2H])c([2H])c([2H])c([2H])c1n2-c1ccc2c(c1)N1c3cc(C(C)(C)C)cc4c3B2c2ccc(-n3c5c([2H])c([2H])c([2H])c([2H])c5c5c([2H])c(-n6c7c([2H])c([2H])c([2H])c([2H])c7c7c([2H])c([2H])c([2H])c([2H])c76)c([2H])c([2H])c53)cc2N4c2c(-c3ccccc3)cc(C(C)(C)C)cc2-c2cccc(c2)-c2ccc3sc4ccc(cc4c3c2)-c2cccc(c2)-c2cc(C(C)(C)C)cc(-c3ccccc3)c21. The van der Waals surface area contributed by atoms with Gasteiger partial charge in [0, 0.05) is 115 Å². The highest BCUT2D eigenvalue weighted by atomic mass is 32.1. The van der Waals surface area contributed by atoms with E-state index in [1.165, 1.54) is 4.57 Å². The second-order valence-corrected chi connectivity index (χ2v) is 36.2. The van der Waals surface area contributed by atoms with Gasteiger partial charge < -0.3 is 23.5 Å². The molecule has 13 bridgehead atoms. The van der Waals surface area contributed by atoms with E-state index in [0.717, 1.165) is 114 Å². The van der Waals surface area contributed by atoms with E-state index < -0.39 is 179 Å². The Morgan fingerprint density at radius 3 is 1.01 bits per heavy atom. The number of benzene rings is 17. The van der Waals surface area contributed by atoms with Gasteiger partial charge in [-0.2, -0.15) is 0 Å². The topological polar surface area (TPSA) is 21.3 Å². The van der Waals surface area contributed by atoms with Crippen molar-refractivity contribution in [2.75, 3.05) is 9.80 Å². The van der Waals surface area contributed by atoms with Gasteiger partial charge in [-0.15, -0.1) is 11.3 Å². The normalized spacial score (nSPS) is 15.8. The number of thiophene rings is 1. The Morgan fingerprint density at radius 1 is 0.264 bits per heavy atom. The van der Waals surface area contributed by atoms with Gasteiger partial charge in [-0.3, -0.25) is 0 Å². The fraction of sp³-hybridized carbons (Fsp3) is 0.105. The second kappa shape index (κ2) is 26.3. The molecule has 3 aliphatic heterocycles. The smallest absolute Gasteiger partial charge is 0.252 e. The number of aromatic nitrogens is 3. The van der Waals surface area contributed by atoms with E-state index in [1.807, 2.05) is 66.7 Å². The lowest BCUT2D eigenvalue weighted by atomic mass is 9.33. The first-order chi connectivity index (χ1) is 68.5. The first kappa shape index (κ1) is 51.4. The molecule has 4 aromatic heterocycles. The number of fused-ring (bicyclic) bond motifs is 29. The predicted molar refractivity (Wildman–Crippen MR) is 519 cm³/mol. The Bertz CT molecular complexity index is 9100.